The Kier molecular flexibility index (Phi) is 13.2. The monoisotopic (exact) mass is 292 g/mol. The summed E-state index contributed by atoms with van der Waals surface area (Å²) in [6, 6.07) is 0. The number of hydrogen-bond donors (Lipinski definition) is 4. The van der Waals surface area contributed by atoms with Crippen molar-refractivity contribution < 1.29 is 24.8 Å². The Morgan fingerprint density at radius 2 is 1.22 bits per heavy atom. The summed E-state index contributed by atoms with van der Waals surface area (Å²) in [6.07, 6.45) is 8.66. The highest BCUT2D eigenvalue weighted by Crippen LogP contribution is 1.88. The van der Waals surface area contributed by atoms with Crippen LogP contribution in [0.1, 0.15) is 11.4 Å². The molecule has 0 amide bonds. The zero-order valence-electron chi connectivity index (χ0n) is 9.94. The Hall–Kier alpha value is -1.08. The van der Waals surface area contributed by atoms with Crippen molar-refractivity contribution in [3.05, 3.63) is 36.4 Å². The lowest BCUT2D eigenvalue weighted by atomic mass is 10.3. The molecule has 104 valence electrons. The molecule has 2 aromatic heterocycles. The summed E-state index contributed by atoms with van der Waals surface area (Å²) in [5, 5.41) is 0. The van der Waals surface area contributed by atoms with E-state index in [1.54, 1.807) is 25.0 Å². The summed E-state index contributed by atoms with van der Waals surface area (Å²) in [6.45, 7) is 1.37. The maximum atomic E-state index is 5.27. The predicted molar refractivity (Wildman–Crippen MR) is 62.7 cm³/mol. The molecule has 0 radical (unpaired) electrons. The fourth-order valence-electron chi connectivity index (χ4n) is 1.15. The van der Waals surface area contributed by atoms with Crippen molar-refractivity contribution in [2.75, 3.05) is 13.1 Å². The van der Waals surface area contributed by atoms with Gasteiger partial charge >= 0.3 is 0 Å². The van der Waals surface area contributed by atoms with Crippen LogP contribution in [0.15, 0.2) is 25.0 Å². The highest BCUT2D eigenvalue weighted by atomic mass is 35.5. The molecule has 0 saturated carbocycles. The highest BCUT2D eigenvalue weighted by molar-refractivity contribution is 4.94. The third kappa shape index (κ3) is 8.08. The Labute approximate surface area is 119 Å². The summed E-state index contributed by atoms with van der Waals surface area (Å²) in [7, 11) is 0. The van der Waals surface area contributed by atoms with Gasteiger partial charge < -0.3 is 46.2 Å². The zero-order chi connectivity index (χ0) is 11.6. The van der Waals surface area contributed by atoms with E-state index in [1.807, 2.05) is 0 Å². The number of hydrogen-bond acceptors (Lipinski definition) is 4. The van der Waals surface area contributed by atoms with Crippen molar-refractivity contribution in [2.24, 2.45) is 11.5 Å². The van der Waals surface area contributed by atoms with Crippen LogP contribution in [0.4, 0.5) is 0 Å². The van der Waals surface area contributed by atoms with Crippen molar-refractivity contribution in [1.82, 2.24) is 19.9 Å². The number of halogens is 2. The summed E-state index contributed by atoms with van der Waals surface area (Å²) >= 11 is 0. The van der Waals surface area contributed by atoms with Crippen LogP contribution in [0.2, 0.25) is 0 Å². The normalized spacial score (nSPS) is 8.56. The van der Waals surface area contributed by atoms with Gasteiger partial charge in [-0.25, -0.2) is 9.97 Å². The van der Waals surface area contributed by atoms with Crippen LogP contribution in [-0.2, 0) is 12.8 Å². The van der Waals surface area contributed by atoms with Gasteiger partial charge in [-0.05, 0) is 13.1 Å². The second kappa shape index (κ2) is 12.4. The molecule has 0 aliphatic carbocycles. The quantitative estimate of drug-likeness (QED) is 0.450. The van der Waals surface area contributed by atoms with Crippen molar-refractivity contribution in [1.29, 1.82) is 0 Å². The summed E-state index contributed by atoms with van der Waals surface area (Å²) in [5.41, 5.74) is 12.8. The van der Waals surface area contributed by atoms with Crippen LogP contribution in [0.5, 0.6) is 0 Å². The molecule has 6 N–H and O–H groups in total. The molecule has 0 unspecified atom stereocenters. The molecule has 0 bridgehead atoms. The third-order valence-corrected chi connectivity index (χ3v) is 1.94. The SMILES string of the molecule is NCCc1cnc[nH]1.NCCc1cnc[nH]1.[Cl-].[Cl-]. The minimum atomic E-state index is 0. The second-order valence-corrected chi connectivity index (χ2v) is 3.23. The first-order valence-corrected chi connectivity index (χ1v) is 5.21. The Morgan fingerprint density at radius 1 is 0.833 bits per heavy atom. The minimum Gasteiger partial charge on any atom is -1.00 e. The summed E-state index contributed by atoms with van der Waals surface area (Å²) in [4.78, 5) is 13.6. The summed E-state index contributed by atoms with van der Waals surface area (Å²) < 4.78 is 0. The van der Waals surface area contributed by atoms with E-state index in [1.165, 1.54) is 0 Å². The second-order valence-electron chi connectivity index (χ2n) is 3.23. The van der Waals surface area contributed by atoms with E-state index in [4.69, 9.17) is 11.5 Å². The molecule has 2 heterocycles. The average molecular weight is 293 g/mol. The van der Waals surface area contributed by atoms with Gasteiger partial charge in [0.05, 0.1) is 12.7 Å². The highest BCUT2D eigenvalue weighted by Gasteiger charge is 1.87. The van der Waals surface area contributed by atoms with Crippen LogP contribution in [-0.4, -0.2) is 33.0 Å². The number of aromatic nitrogens is 4. The van der Waals surface area contributed by atoms with Crippen molar-refractivity contribution in [3.8, 4) is 0 Å². The molecule has 2 rings (SSSR count). The van der Waals surface area contributed by atoms with Gasteiger partial charge in [0.15, 0.2) is 0 Å². The maximum absolute atomic E-state index is 5.27. The molecule has 0 atom stereocenters. The van der Waals surface area contributed by atoms with E-state index in [0.717, 1.165) is 24.2 Å². The number of nitrogens with one attached hydrogen (secondary N) is 2. The number of nitrogens with two attached hydrogens (primary N) is 2. The molecule has 0 aliphatic heterocycles. The van der Waals surface area contributed by atoms with E-state index >= 15 is 0 Å². The number of nitrogens with zero attached hydrogens (tertiary/aromatic N) is 2. The topological polar surface area (TPSA) is 109 Å². The van der Waals surface area contributed by atoms with Crippen molar-refractivity contribution in [3.63, 3.8) is 0 Å². The molecule has 0 spiro atoms. The molecular formula is C10H18Cl2N6-2. The van der Waals surface area contributed by atoms with Gasteiger partial charge in [-0.1, -0.05) is 0 Å². The van der Waals surface area contributed by atoms with Gasteiger partial charge in [0.1, 0.15) is 0 Å². The lowest BCUT2D eigenvalue weighted by Gasteiger charge is -1.86. The number of imidazole rings is 2. The van der Waals surface area contributed by atoms with Crippen LogP contribution in [0.3, 0.4) is 0 Å². The summed E-state index contributed by atoms with van der Waals surface area (Å²) in [5.74, 6) is 0. The van der Waals surface area contributed by atoms with Crippen LogP contribution in [0.25, 0.3) is 0 Å². The number of rotatable bonds is 4. The van der Waals surface area contributed by atoms with Gasteiger partial charge in [-0.2, -0.15) is 0 Å². The van der Waals surface area contributed by atoms with Crippen LogP contribution in [0, 0.1) is 0 Å². The van der Waals surface area contributed by atoms with E-state index in [-0.39, 0.29) is 24.8 Å². The van der Waals surface area contributed by atoms with Gasteiger partial charge in [0, 0.05) is 36.6 Å². The standard InChI is InChI=1S/2C5H9N3.2ClH/c2*6-2-1-5-3-7-4-8-5;;/h2*3-4H,1-2,6H2,(H,7,8);2*1H/p-2. The molecule has 8 heteroatoms. The molecule has 18 heavy (non-hydrogen) atoms. The van der Waals surface area contributed by atoms with Gasteiger partial charge in [0.2, 0.25) is 0 Å². The molecular weight excluding hydrogens is 275 g/mol. The van der Waals surface area contributed by atoms with Crippen LogP contribution < -0.4 is 36.3 Å². The largest absolute Gasteiger partial charge is 1.00 e. The van der Waals surface area contributed by atoms with Crippen molar-refractivity contribution >= 4 is 0 Å². The first-order chi connectivity index (χ1) is 7.86. The van der Waals surface area contributed by atoms with E-state index < -0.39 is 0 Å². The number of H-pyrrole nitrogens is 2. The molecule has 6 nitrogen and oxygen atoms in total. The van der Waals surface area contributed by atoms with Crippen molar-refractivity contribution in [2.45, 2.75) is 12.8 Å². The van der Waals surface area contributed by atoms with E-state index in [2.05, 4.69) is 19.9 Å². The Morgan fingerprint density at radius 3 is 1.44 bits per heavy atom. The average Bonchev–Trinajstić information content (AvgIpc) is 2.92. The predicted octanol–water partition coefficient (Wildman–Crippen LogP) is -6.17. The molecule has 0 aliphatic rings. The maximum Gasteiger partial charge on any atom is 0.0921 e. The van der Waals surface area contributed by atoms with E-state index in [9.17, 15) is 0 Å². The molecule has 0 aromatic carbocycles. The van der Waals surface area contributed by atoms with Gasteiger partial charge in [0.25, 0.3) is 0 Å². The fraction of sp³-hybridized carbons (Fsp3) is 0.400. The molecule has 2 aromatic rings. The van der Waals surface area contributed by atoms with Gasteiger partial charge in [-0.15, -0.1) is 0 Å². The van der Waals surface area contributed by atoms with Gasteiger partial charge in [-0.3, -0.25) is 0 Å². The minimum absolute atomic E-state index is 0. The molecule has 0 fully saturated rings. The zero-order valence-corrected chi connectivity index (χ0v) is 11.5. The first kappa shape index (κ1) is 19.3. The Balaban J connectivity index is 0. The lowest BCUT2D eigenvalue weighted by Crippen LogP contribution is -3.00. The van der Waals surface area contributed by atoms with Crippen LogP contribution >= 0.6 is 0 Å². The lowest BCUT2D eigenvalue weighted by molar-refractivity contribution is -0.00100. The Bertz CT molecular complexity index is 312. The first-order valence-electron chi connectivity index (χ1n) is 5.21. The fourth-order valence-corrected chi connectivity index (χ4v) is 1.15. The molecule has 0 saturated heterocycles. The smallest absolute Gasteiger partial charge is 0.0921 e. The van der Waals surface area contributed by atoms with E-state index in [0.29, 0.717) is 13.1 Å². The third-order valence-electron chi connectivity index (χ3n) is 1.94. The number of aromatic amines is 2.